The van der Waals surface area contributed by atoms with Crippen molar-refractivity contribution in [3.05, 3.63) is 0 Å². The summed E-state index contributed by atoms with van der Waals surface area (Å²) in [6.45, 7) is 4.59. The Morgan fingerprint density at radius 1 is 1.33 bits per heavy atom. The fourth-order valence-electron chi connectivity index (χ4n) is 1.38. The molecule has 1 aliphatic carbocycles. The van der Waals surface area contributed by atoms with Gasteiger partial charge in [-0.15, -0.1) is 0 Å². The van der Waals surface area contributed by atoms with Gasteiger partial charge in [-0.2, -0.15) is 12.6 Å². The lowest BCUT2D eigenvalue weighted by Crippen LogP contribution is -2.23. The molecule has 54 valence electrons. The molecule has 0 aromatic rings. The lowest BCUT2D eigenvalue weighted by atomic mass is 9.83. The predicted octanol–water partition coefficient (Wildman–Crippen LogP) is 2.89. The van der Waals surface area contributed by atoms with E-state index in [1.54, 1.807) is 0 Å². The maximum Gasteiger partial charge on any atom is 0.0102 e. The van der Waals surface area contributed by atoms with Crippen LogP contribution in [0.3, 0.4) is 0 Å². The number of thiol groups is 1. The van der Waals surface area contributed by atoms with E-state index in [9.17, 15) is 0 Å². The Kier molecular flexibility index (Phi) is 2.10. The van der Waals surface area contributed by atoms with E-state index in [1.807, 2.05) is 0 Å². The van der Waals surface area contributed by atoms with Crippen LogP contribution in [0.2, 0.25) is 0 Å². The summed E-state index contributed by atoms with van der Waals surface area (Å²) in [5.41, 5.74) is 0. The second-order valence-electron chi connectivity index (χ2n) is 3.68. The van der Waals surface area contributed by atoms with Crippen LogP contribution in [0.5, 0.6) is 0 Å². The van der Waals surface area contributed by atoms with Crippen molar-refractivity contribution in [2.45, 2.75) is 44.3 Å². The maximum atomic E-state index is 4.56. The summed E-state index contributed by atoms with van der Waals surface area (Å²) in [6.07, 6.45) is 5.36. The Hall–Kier alpha value is 0.350. The van der Waals surface area contributed by atoms with Crippen LogP contribution in [-0.4, -0.2) is 4.75 Å². The van der Waals surface area contributed by atoms with E-state index in [1.165, 1.54) is 25.7 Å². The zero-order valence-corrected chi connectivity index (χ0v) is 7.25. The smallest absolute Gasteiger partial charge is 0.0102 e. The number of hydrogen-bond donors (Lipinski definition) is 1. The molecule has 0 heterocycles. The molecule has 1 aliphatic rings. The normalized spacial score (nSPS) is 45.0. The van der Waals surface area contributed by atoms with Gasteiger partial charge in [-0.25, -0.2) is 0 Å². The highest BCUT2D eigenvalue weighted by Crippen LogP contribution is 2.35. The first-order valence-electron chi connectivity index (χ1n) is 3.82. The molecule has 1 fully saturated rings. The van der Waals surface area contributed by atoms with Crippen molar-refractivity contribution in [1.29, 1.82) is 0 Å². The summed E-state index contributed by atoms with van der Waals surface area (Å²) in [4.78, 5) is 0. The summed E-state index contributed by atoms with van der Waals surface area (Å²) in [5.74, 6) is 0.949. The molecule has 1 heteroatoms. The molecule has 0 spiro atoms. The Morgan fingerprint density at radius 3 is 2.11 bits per heavy atom. The van der Waals surface area contributed by atoms with Gasteiger partial charge < -0.3 is 0 Å². The molecule has 0 N–H and O–H groups in total. The molecule has 0 aliphatic heterocycles. The van der Waals surface area contributed by atoms with Gasteiger partial charge in [0.25, 0.3) is 0 Å². The molecule has 0 atom stereocenters. The quantitative estimate of drug-likeness (QED) is 0.497. The molecular weight excluding hydrogens is 128 g/mol. The Labute approximate surface area is 63.4 Å². The van der Waals surface area contributed by atoms with E-state index in [2.05, 4.69) is 26.5 Å². The van der Waals surface area contributed by atoms with E-state index in [4.69, 9.17) is 0 Å². The number of hydrogen-bond acceptors (Lipinski definition) is 1. The second kappa shape index (κ2) is 2.53. The fraction of sp³-hybridized carbons (Fsp3) is 1.00. The van der Waals surface area contributed by atoms with Crippen molar-refractivity contribution >= 4 is 12.6 Å². The fourth-order valence-corrected chi connectivity index (χ4v) is 1.64. The third-order valence-electron chi connectivity index (χ3n) is 2.35. The molecule has 1 saturated carbocycles. The lowest BCUT2D eigenvalue weighted by molar-refractivity contribution is 0.336. The Bertz CT molecular complexity index is 86.7. The highest BCUT2D eigenvalue weighted by Gasteiger charge is 2.24. The predicted molar refractivity (Wildman–Crippen MR) is 45.0 cm³/mol. The van der Waals surface area contributed by atoms with Crippen LogP contribution < -0.4 is 0 Å². The highest BCUT2D eigenvalue weighted by molar-refractivity contribution is 7.81. The lowest BCUT2D eigenvalue weighted by Gasteiger charge is -2.31. The van der Waals surface area contributed by atoms with Crippen molar-refractivity contribution in [2.24, 2.45) is 5.92 Å². The van der Waals surface area contributed by atoms with Crippen molar-refractivity contribution in [2.75, 3.05) is 0 Å². The third-order valence-corrected chi connectivity index (χ3v) is 2.80. The molecule has 0 bridgehead atoms. The van der Waals surface area contributed by atoms with Gasteiger partial charge in [0.1, 0.15) is 0 Å². The monoisotopic (exact) mass is 144 g/mol. The van der Waals surface area contributed by atoms with Crippen LogP contribution in [0.1, 0.15) is 39.5 Å². The van der Waals surface area contributed by atoms with Gasteiger partial charge in [-0.3, -0.25) is 0 Å². The van der Waals surface area contributed by atoms with E-state index in [0.717, 1.165) is 5.92 Å². The molecule has 0 aromatic carbocycles. The molecule has 1 rings (SSSR count). The number of rotatable bonds is 0. The summed E-state index contributed by atoms with van der Waals surface area (Å²) < 4.78 is 0.354. The molecule has 0 saturated heterocycles. The van der Waals surface area contributed by atoms with Crippen LogP contribution >= 0.6 is 12.6 Å². The third kappa shape index (κ3) is 2.21. The van der Waals surface area contributed by atoms with Gasteiger partial charge in [0.05, 0.1) is 0 Å². The molecule has 0 aromatic heterocycles. The molecule has 0 nitrogen and oxygen atoms in total. The summed E-state index contributed by atoms with van der Waals surface area (Å²) in [6, 6.07) is 0. The topological polar surface area (TPSA) is 0 Å². The SMILES string of the molecule is CC1CCC(C)(S)CC1. The van der Waals surface area contributed by atoms with Gasteiger partial charge in [0.15, 0.2) is 0 Å². The summed E-state index contributed by atoms with van der Waals surface area (Å²) in [5, 5.41) is 0. The Balaban J connectivity index is 2.35. The van der Waals surface area contributed by atoms with Crippen molar-refractivity contribution in [3.63, 3.8) is 0 Å². The summed E-state index contributed by atoms with van der Waals surface area (Å²) in [7, 11) is 0. The largest absolute Gasteiger partial charge is 0.173 e. The minimum Gasteiger partial charge on any atom is -0.173 e. The summed E-state index contributed by atoms with van der Waals surface area (Å²) >= 11 is 4.56. The van der Waals surface area contributed by atoms with Gasteiger partial charge in [0.2, 0.25) is 0 Å². The molecule has 0 amide bonds. The van der Waals surface area contributed by atoms with Crippen LogP contribution in [0, 0.1) is 5.92 Å². The Morgan fingerprint density at radius 2 is 1.78 bits per heavy atom. The van der Waals surface area contributed by atoms with E-state index in [-0.39, 0.29) is 0 Å². The van der Waals surface area contributed by atoms with Gasteiger partial charge in [-0.05, 0) is 31.6 Å². The van der Waals surface area contributed by atoms with Crippen molar-refractivity contribution < 1.29 is 0 Å². The first-order chi connectivity index (χ1) is 4.10. The first-order valence-corrected chi connectivity index (χ1v) is 4.27. The van der Waals surface area contributed by atoms with E-state index < -0.39 is 0 Å². The first kappa shape index (κ1) is 7.46. The minimum atomic E-state index is 0.354. The minimum absolute atomic E-state index is 0.354. The van der Waals surface area contributed by atoms with Gasteiger partial charge in [-0.1, -0.05) is 13.8 Å². The zero-order valence-electron chi connectivity index (χ0n) is 6.35. The highest BCUT2D eigenvalue weighted by atomic mass is 32.1. The van der Waals surface area contributed by atoms with Crippen molar-refractivity contribution in [3.8, 4) is 0 Å². The van der Waals surface area contributed by atoms with Crippen LogP contribution in [0.15, 0.2) is 0 Å². The van der Waals surface area contributed by atoms with Gasteiger partial charge in [0, 0.05) is 4.75 Å². The average Bonchev–Trinajstić information content (AvgIpc) is 1.78. The van der Waals surface area contributed by atoms with Crippen LogP contribution in [-0.2, 0) is 0 Å². The van der Waals surface area contributed by atoms with E-state index >= 15 is 0 Å². The van der Waals surface area contributed by atoms with Crippen molar-refractivity contribution in [1.82, 2.24) is 0 Å². The van der Waals surface area contributed by atoms with Crippen LogP contribution in [0.25, 0.3) is 0 Å². The maximum absolute atomic E-state index is 4.56. The zero-order chi connectivity index (χ0) is 6.91. The molecular formula is C8H16S. The standard InChI is InChI=1S/C8H16S/c1-7-3-5-8(2,9)6-4-7/h7,9H,3-6H2,1-2H3. The average molecular weight is 144 g/mol. The second-order valence-corrected chi connectivity index (χ2v) is 4.76. The van der Waals surface area contributed by atoms with Crippen LogP contribution in [0.4, 0.5) is 0 Å². The van der Waals surface area contributed by atoms with E-state index in [0.29, 0.717) is 4.75 Å². The molecule has 0 unspecified atom stereocenters. The molecule has 9 heavy (non-hydrogen) atoms. The molecule has 0 radical (unpaired) electrons. The van der Waals surface area contributed by atoms with Gasteiger partial charge >= 0.3 is 0 Å².